The second-order valence-corrected chi connectivity index (χ2v) is 5.88. The SMILES string of the molecule is CCNC(c1cscn1)c1ccccc1C1CCC1. The van der Waals surface area contributed by atoms with Crippen LogP contribution in [-0.4, -0.2) is 11.5 Å². The molecule has 1 aliphatic rings. The van der Waals surface area contributed by atoms with Crippen LogP contribution in [-0.2, 0) is 0 Å². The minimum Gasteiger partial charge on any atom is -0.305 e. The number of thiazole rings is 1. The van der Waals surface area contributed by atoms with Gasteiger partial charge in [0, 0.05) is 5.38 Å². The Bertz CT molecular complexity index is 517. The Morgan fingerprint density at radius 2 is 2.21 bits per heavy atom. The Kier molecular flexibility index (Phi) is 3.95. The Hall–Kier alpha value is -1.19. The van der Waals surface area contributed by atoms with Crippen LogP contribution < -0.4 is 5.32 Å². The zero-order chi connectivity index (χ0) is 13.1. The highest BCUT2D eigenvalue weighted by molar-refractivity contribution is 7.07. The third-order valence-electron chi connectivity index (χ3n) is 4.01. The normalized spacial score (nSPS) is 17.1. The number of hydrogen-bond acceptors (Lipinski definition) is 3. The second kappa shape index (κ2) is 5.85. The monoisotopic (exact) mass is 272 g/mol. The molecule has 100 valence electrons. The molecule has 2 nitrogen and oxygen atoms in total. The molecule has 1 aromatic heterocycles. The van der Waals surface area contributed by atoms with Gasteiger partial charge in [-0.3, -0.25) is 0 Å². The molecule has 3 rings (SSSR count). The zero-order valence-corrected chi connectivity index (χ0v) is 12.1. The Labute approximate surface area is 118 Å². The lowest BCUT2D eigenvalue weighted by Crippen LogP contribution is -2.25. The van der Waals surface area contributed by atoms with E-state index in [9.17, 15) is 0 Å². The van der Waals surface area contributed by atoms with E-state index in [1.165, 1.54) is 30.4 Å². The molecular formula is C16H20N2S. The van der Waals surface area contributed by atoms with Crippen LogP contribution in [0, 0.1) is 0 Å². The topological polar surface area (TPSA) is 24.9 Å². The Morgan fingerprint density at radius 1 is 1.37 bits per heavy atom. The van der Waals surface area contributed by atoms with Crippen LogP contribution in [0.5, 0.6) is 0 Å². The van der Waals surface area contributed by atoms with Gasteiger partial charge in [0.05, 0.1) is 17.2 Å². The van der Waals surface area contributed by atoms with E-state index in [2.05, 4.69) is 46.9 Å². The smallest absolute Gasteiger partial charge is 0.0795 e. The third kappa shape index (κ3) is 2.58. The Balaban J connectivity index is 1.97. The molecule has 0 amide bonds. The predicted molar refractivity (Wildman–Crippen MR) is 80.7 cm³/mol. The summed E-state index contributed by atoms with van der Waals surface area (Å²) in [6.07, 6.45) is 4.06. The van der Waals surface area contributed by atoms with E-state index in [1.807, 2.05) is 5.51 Å². The molecule has 0 radical (unpaired) electrons. The van der Waals surface area contributed by atoms with Gasteiger partial charge < -0.3 is 5.32 Å². The molecule has 1 aliphatic carbocycles. The summed E-state index contributed by atoms with van der Waals surface area (Å²) in [5.41, 5.74) is 6.01. The largest absolute Gasteiger partial charge is 0.305 e. The van der Waals surface area contributed by atoms with E-state index >= 15 is 0 Å². The first kappa shape index (κ1) is 12.8. The van der Waals surface area contributed by atoms with Crippen molar-refractivity contribution in [2.45, 2.75) is 38.1 Å². The summed E-state index contributed by atoms with van der Waals surface area (Å²) in [5, 5.41) is 5.75. The van der Waals surface area contributed by atoms with Crippen molar-refractivity contribution in [3.63, 3.8) is 0 Å². The maximum Gasteiger partial charge on any atom is 0.0795 e. The van der Waals surface area contributed by atoms with Crippen molar-refractivity contribution in [1.29, 1.82) is 0 Å². The number of nitrogens with zero attached hydrogens (tertiary/aromatic N) is 1. The molecule has 1 N–H and O–H groups in total. The van der Waals surface area contributed by atoms with Gasteiger partial charge in [0.1, 0.15) is 0 Å². The first-order valence-electron chi connectivity index (χ1n) is 7.10. The van der Waals surface area contributed by atoms with Gasteiger partial charge in [0.2, 0.25) is 0 Å². The molecule has 1 heterocycles. The molecule has 1 aromatic carbocycles. The molecule has 1 unspecified atom stereocenters. The van der Waals surface area contributed by atoms with Gasteiger partial charge in [-0.25, -0.2) is 4.98 Å². The van der Waals surface area contributed by atoms with Crippen molar-refractivity contribution in [3.8, 4) is 0 Å². The van der Waals surface area contributed by atoms with Crippen LogP contribution in [0.3, 0.4) is 0 Å². The molecule has 1 saturated carbocycles. The number of aromatic nitrogens is 1. The van der Waals surface area contributed by atoms with Gasteiger partial charge >= 0.3 is 0 Å². The average molecular weight is 272 g/mol. The van der Waals surface area contributed by atoms with E-state index in [0.717, 1.165) is 18.2 Å². The van der Waals surface area contributed by atoms with E-state index in [4.69, 9.17) is 0 Å². The van der Waals surface area contributed by atoms with Crippen molar-refractivity contribution in [3.05, 3.63) is 52.0 Å². The van der Waals surface area contributed by atoms with E-state index < -0.39 is 0 Å². The molecular weight excluding hydrogens is 252 g/mol. The molecule has 1 fully saturated rings. The lowest BCUT2D eigenvalue weighted by molar-refractivity contribution is 0.414. The van der Waals surface area contributed by atoms with Crippen LogP contribution in [0.15, 0.2) is 35.2 Å². The van der Waals surface area contributed by atoms with E-state index in [1.54, 1.807) is 11.3 Å². The highest BCUT2D eigenvalue weighted by atomic mass is 32.1. The quantitative estimate of drug-likeness (QED) is 0.886. The molecule has 3 heteroatoms. The molecule has 2 aromatic rings. The number of hydrogen-bond donors (Lipinski definition) is 1. The van der Waals surface area contributed by atoms with Gasteiger partial charge in [0.15, 0.2) is 0 Å². The van der Waals surface area contributed by atoms with Crippen molar-refractivity contribution >= 4 is 11.3 Å². The Morgan fingerprint density at radius 3 is 2.84 bits per heavy atom. The first-order chi connectivity index (χ1) is 9.40. The van der Waals surface area contributed by atoms with Gasteiger partial charge in [-0.1, -0.05) is 37.6 Å². The van der Waals surface area contributed by atoms with Gasteiger partial charge in [0.25, 0.3) is 0 Å². The highest BCUT2D eigenvalue weighted by Crippen LogP contribution is 2.40. The summed E-state index contributed by atoms with van der Waals surface area (Å²) in [5.74, 6) is 0.760. The molecule has 19 heavy (non-hydrogen) atoms. The molecule has 1 atom stereocenters. The van der Waals surface area contributed by atoms with E-state index in [0.29, 0.717) is 0 Å². The van der Waals surface area contributed by atoms with Crippen molar-refractivity contribution in [1.82, 2.24) is 10.3 Å². The lowest BCUT2D eigenvalue weighted by Gasteiger charge is -2.30. The van der Waals surface area contributed by atoms with Crippen LogP contribution >= 0.6 is 11.3 Å². The lowest BCUT2D eigenvalue weighted by atomic mass is 9.77. The maximum absolute atomic E-state index is 4.51. The van der Waals surface area contributed by atoms with Gasteiger partial charge in [-0.15, -0.1) is 11.3 Å². The fraction of sp³-hybridized carbons (Fsp3) is 0.438. The minimum atomic E-state index is 0.244. The first-order valence-corrected chi connectivity index (χ1v) is 8.04. The van der Waals surface area contributed by atoms with Gasteiger partial charge in [-0.2, -0.15) is 0 Å². The summed E-state index contributed by atoms with van der Waals surface area (Å²) in [6, 6.07) is 9.12. The van der Waals surface area contributed by atoms with Crippen molar-refractivity contribution < 1.29 is 0 Å². The second-order valence-electron chi connectivity index (χ2n) is 5.16. The fourth-order valence-electron chi connectivity index (χ4n) is 2.81. The predicted octanol–water partition coefficient (Wildman–Crippen LogP) is 4.11. The molecule has 0 spiro atoms. The van der Waals surface area contributed by atoms with Crippen LogP contribution in [0.4, 0.5) is 0 Å². The molecule has 0 aliphatic heterocycles. The van der Waals surface area contributed by atoms with Gasteiger partial charge in [-0.05, 0) is 36.4 Å². The summed E-state index contributed by atoms with van der Waals surface area (Å²) < 4.78 is 0. The summed E-state index contributed by atoms with van der Waals surface area (Å²) in [7, 11) is 0. The van der Waals surface area contributed by atoms with Crippen molar-refractivity contribution in [2.75, 3.05) is 6.54 Å². The zero-order valence-electron chi connectivity index (χ0n) is 11.3. The molecule has 0 bridgehead atoms. The minimum absolute atomic E-state index is 0.244. The third-order valence-corrected chi connectivity index (χ3v) is 4.61. The number of rotatable bonds is 5. The van der Waals surface area contributed by atoms with E-state index in [-0.39, 0.29) is 6.04 Å². The molecule has 0 saturated heterocycles. The number of benzene rings is 1. The summed E-state index contributed by atoms with van der Waals surface area (Å²) >= 11 is 1.67. The average Bonchev–Trinajstić information content (AvgIpc) is 2.88. The number of nitrogens with one attached hydrogen (secondary N) is 1. The van der Waals surface area contributed by atoms with Crippen molar-refractivity contribution in [2.24, 2.45) is 0 Å². The summed E-state index contributed by atoms with van der Waals surface area (Å²) in [4.78, 5) is 4.51. The van der Waals surface area contributed by atoms with Crippen LogP contribution in [0.1, 0.15) is 55.0 Å². The van der Waals surface area contributed by atoms with Crippen LogP contribution in [0.25, 0.3) is 0 Å². The van der Waals surface area contributed by atoms with Crippen LogP contribution in [0.2, 0.25) is 0 Å². The highest BCUT2D eigenvalue weighted by Gasteiger charge is 2.25. The maximum atomic E-state index is 4.51. The summed E-state index contributed by atoms with van der Waals surface area (Å²) in [6.45, 7) is 3.12. The standard InChI is InChI=1S/C16H20N2S/c1-2-17-16(15-10-19-11-18-15)14-9-4-3-8-13(14)12-6-5-7-12/h3-4,8-12,16-17H,2,5-7H2,1H3. The fourth-order valence-corrected chi connectivity index (χ4v) is 3.39.